The minimum Gasteiger partial charge on any atom is -0.394 e. The summed E-state index contributed by atoms with van der Waals surface area (Å²) in [5.74, 6) is 0.0789. The summed E-state index contributed by atoms with van der Waals surface area (Å²) in [7, 11) is 3.89. The van der Waals surface area contributed by atoms with Crippen LogP contribution in [0.3, 0.4) is 0 Å². The molecule has 0 radical (unpaired) electrons. The molecule has 3 heterocycles. The van der Waals surface area contributed by atoms with Crippen molar-refractivity contribution in [3.8, 4) is 0 Å². The summed E-state index contributed by atoms with van der Waals surface area (Å²) < 4.78 is 6.93. The van der Waals surface area contributed by atoms with E-state index in [-0.39, 0.29) is 17.1 Å². The zero-order valence-electron chi connectivity index (χ0n) is 16.9. The van der Waals surface area contributed by atoms with Gasteiger partial charge >= 0.3 is 0 Å². The van der Waals surface area contributed by atoms with Gasteiger partial charge in [-0.15, -0.1) is 0 Å². The first-order valence-corrected chi connectivity index (χ1v) is 9.55. The second-order valence-corrected chi connectivity index (χ2v) is 7.29. The molecule has 0 saturated carbocycles. The van der Waals surface area contributed by atoms with E-state index >= 15 is 0 Å². The van der Waals surface area contributed by atoms with Crippen LogP contribution in [-0.2, 0) is 4.74 Å². The quantitative estimate of drug-likeness (QED) is 0.251. The maximum atomic E-state index is 12.2. The highest BCUT2D eigenvalue weighted by Gasteiger charge is 2.45. The van der Waals surface area contributed by atoms with Crippen LogP contribution in [0.4, 0.5) is 11.6 Å². The van der Waals surface area contributed by atoms with E-state index in [0.717, 1.165) is 11.3 Å². The van der Waals surface area contributed by atoms with Gasteiger partial charge in [-0.1, -0.05) is 12.1 Å². The van der Waals surface area contributed by atoms with Crippen molar-refractivity contribution < 1.29 is 20.1 Å². The number of nitrogens with one attached hydrogen (secondary N) is 2. The summed E-state index contributed by atoms with van der Waals surface area (Å²) in [6.45, 7) is -0.487. The first-order chi connectivity index (χ1) is 14.9. The number of fused-ring (bicyclic) bond motifs is 1. The van der Waals surface area contributed by atoms with Crippen molar-refractivity contribution in [2.45, 2.75) is 24.5 Å². The lowest BCUT2D eigenvalue weighted by Gasteiger charge is -2.18. The minimum absolute atomic E-state index is 0.00766. The molecule has 1 fully saturated rings. The number of rotatable bonds is 6. The van der Waals surface area contributed by atoms with Crippen LogP contribution >= 0.6 is 0 Å². The van der Waals surface area contributed by atoms with E-state index in [4.69, 9.17) is 4.74 Å². The van der Waals surface area contributed by atoms with E-state index in [2.05, 4.69) is 25.5 Å². The van der Waals surface area contributed by atoms with E-state index in [1.54, 1.807) is 6.21 Å². The fraction of sp³-hybridized carbons (Fsp3) is 0.368. The van der Waals surface area contributed by atoms with Crippen LogP contribution in [0.5, 0.6) is 0 Å². The third kappa shape index (κ3) is 3.88. The highest BCUT2D eigenvalue weighted by atomic mass is 16.6. The van der Waals surface area contributed by atoms with E-state index in [1.807, 2.05) is 43.3 Å². The van der Waals surface area contributed by atoms with Gasteiger partial charge in [0.05, 0.1) is 19.1 Å². The van der Waals surface area contributed by atoms with Crippen LogP contribution in [0.1, 0.15) is 11.8 Å². The number of aliphatic hydroxyl groups excluding tert-OH is 3. The first-order valence-electron chi connectivity index (χ1n) is 9.55. The number of aromatic nitrogens is 4. The largest absolute Gasteiger partial charge is 0.394 e. The summed E-state index contributed by atoms with van der Waals surface area (Å²) in [6.07, 6.45) is -2.06. The fourth-order valence-electron chi connectivity index (χ4n) is 3.36. The maximum Gasteiger partial charge on any atom is 0.278 e. The lowest BCUT2D eigenvalue weighted by atomic mass is 10.1. The molecule has 12 heteroatoms. The standard InChI is InChI=1S/C19H23N7O5/c1-25(2)11-5-3-10(4-6-11)7-22-24-19-23-13-16(20-9-21-17(13)30)26(19)18-15(29)14(28)12(8-27)31-18/h3-7,9,12,14-15,18,27-29H,8H2,1-2H3,(H,23,24)(H,20,21,30)/b22-7-/t12-,14-,15-,18-/m1/s1. The SMILES string of the molecule is CN(C)c1ccc(/C=N\Nc2nc3c(=O)[nH]cnc3n2[C@@H]2O[C@H](CO)[C@@H](O)[C@H]2O)cc1. The molecule has 1 aliphatic rings. The van der Waals surface area contributed by atoms with Gasteiger partial charge in [-0.3, -0.25) is 9.36 Å². The Balaban J connectivity index is 1.67. The van der Waals surface area contributed by atoms with E-state index in [0.29, 0.717) is 0 Å². The topological polar surface area (TPSA) is 161 Å². The highest BCUT2D eigenvalue weighted by molar-refractivity contribution is 5.81. The number of ether oxygens (including phenoxy) is 1. The monoisotopic (exact) mass is 429 g/mol. The maximum absolute atomic E-state index is 12.2. The third-order valence-electron chi connectivity index (χ3n) is 5.04. The molecule has 0 amide bonds. The number of anilines is 2. The molecule has 1 saturated heterocycles. The zero-order valence-corrected chi connectivity index (χ0v) is 16.9. The Hall–Kier alpha value is -3.32. The number of hydrogen-bond donors (Lipinski definition) is 5. The number of imidazole rings is 1. The molecule has 0 spiro atoms. The molecule has 1 aromatic carbocycles. The number of aromatic amines is 1. The Bertz CT molecular complexity index is 1140. The van der Waals surface area contributed by atoms with Crippen LogP contribution in [-0.4, -0.2) is 80.1 Å². The van der Waals surface area contributed by atoms with Gasteiger partial charge < -0.3 is 29.9 Å². The van der Waals surface area contributed by atoms with Gasteiger partial charge in [-0.2, -0.15) is 5.10 Å². The van der Waals surface area contributed by atoms with Crippen molar-refractivity contribution in [1.82, 2.24) is 19.5 Å². The second-order valence-electron chi connectivity index (χ2n) is 7.29. The molecule has 4 atom stereocenters. The van der Waals surface area contributed by atoms with Gasteiger partial charge in [0, 0.05) is 19.8 Å². The zero-order chi connectivity index (χ0) is 22.1. The Morgan fingerprint density at radius 2 is 2.03 bits per heavy atom. The predicted octanol–water partition coefficient (Wildman–Crippen LogP) is -0.757. The lowest BCUT2D eigenvalue weighted by molar-refractivity contribution is -0.0501. The Morgan fingerprint density at radius 1 is 1.29 bits per heavy atom. The van der Waals surface area contributed by atoms with Crippen molar-refractivity contribution in [2.24, 2.45) is 5.10 Å². The normalized spacial score (nSPS) is 23.6. The minimum atomic E-state index is -1.38. The summed E-state index contributed by atoms with van der Waals surface area (Å²) in [6, 6.07) is 7.67. The summed E-state index contributed by atoms with van der Waals surface area (Å²) in [4.78, 5) is 24.9. The van der Waals surface area contributed by atoms with Crippen molar-refractivity contribution in [3.05, 3.63) is 46.5 Å². The fourth-order valence-corrected chi connectivity index (χ4v) is 3.36. The Kier molecular flexibility index (Phi) is 5.69. The molecule has 4 rings (SSSR count). The Labute approximate surface area is 176 Å². The summed E-state index contributed by atoms with van der Waals surface area (Å²) in [5.41, 5.74) is 4.26. The van der Waals surface area contributed by atoms with Crippen molar-refractivity contribution >= 4 is 29.0 Å². The smallest absolute Gasteiger partial charge is 0.278 e. The number of hydrazone groups is 1. The molecule has 0 bridgehead atoms. The van der Waals surface area contributed by atoms with Gasteiger partial charge in [0.1, 0.15) is 18.3 Å². The number of nitrogens with zero attached hydrogens (tertiary/aromatic N) is 5. The van der Waals surface area contributed by atoms with Crippen molar-refractivity contribution in [2.75, 3.05) is 31.0 Å². The van der Waals surface area contributed by atoms with E-state index in [9.17, 15) is 20.1 Å². The molecule has 5 N–H and O–H groups in total. The highest BCUT2D eigenvalue weighted by Crippen LogP contribution is 2.33. The van der Waals surface area contributed by atoms with Crippen LogP contribution in [0.15, 0.2) is 40.5 Å². The van der Waals surface area contributed by atoms with Gasteiger partial charge in [-0.25, -0.2) is 15.4 Å². The van der Waals surface area contributed by atoms with E-state index in [1.165, 1.54) is 10.9 Å². The Morgan fingerprint density at radius 3 is 2.68 bits per heavy atom. The lowest BCUT2D eigenvalue weighted by Crippen LogP contribution is -2.33. The molecule has 2 aromatic heterocycles. The molecule has 12 nitrogen and oxygen atoms in total. The summed E-state index contributed by atoms with van der Waals surface area (Å²) in [5, 5.41) is 34.1. The average molecular weight is 429 g/mol. The predicted molar refractivity (Wildman–Crippen MR) is 113 cm³/mol. The number of hydrogen-bond acceptors (Lipinski definition) is 10. The van der Waals surface area contributed by atoms with Crippen molar-refractivity contribution in [1.29, 1.82) is 0 Å². The third-order valence-corrected chi connectivity index (χ3v) is 5.04. The summed E-state index contributed by atoms with van der Waals surface area (Å²) >= 11 is 0. The van der Waals surface area contributed by atoms with Gasteiger partial charge in [0.25, 0.3) is 5.56 Å². The number of H-pyrrole nitrogens is 1. The van der Waals surface area contributed by atoms with Crippen LogP contribution in [0.2, 0.25) is 0 Å². The molecule has 0 unspecified atom stereocenters. The number of aliphatic hydroxyl groups is 3. The van der Waals surface area contributed by atoms with Gasteiger partial charge in [0.15, 0.2) is 17.4 Å². The van der Waals surface area contributed by atoms with E-state index < -0.39 is 36.7 Å². The van der Waals surface area contributed by atoms with Crippen molar-refractivity contribution in [3.63, 3.8) is 0 Å². The van der Waals surface area contributed by atoms with Gasteiger partial charge in [0.2, 0.25) is 5.95 Å². The molecule has 164 valence electrons. The molecule has 31 heavy (non-hydrogen) atoms. The van der Waals surface area contributed by atoms with Crippen LogP contribution < -0.4 is 15.9 Å². The van der Waals surface area contributed by atoms with Crippen LogP contribution in [0, 0.1) is 0 Å². The molecule has 3 aromatic rings. The first kappa shape index (κ1) is 20.9. The number of benzene rings is 1. The molecule has 1 aliphatic heterocycles. The molecule has 0 aliphatic carbocycles. The molecular formula is C19H23N7O5. The average Bonchev–Trinajstić information content (AvgIpc) is 3.26. The van der Waals surface area contributed by atoms with Gasteiger partial charge in [-0.05, 0) is 17.7 Å². The second kappa shape index (κ2) is 8.43. The molecular weight excluding hydrogens is 406 g/mol. The van der Waals surface area contributed by atoms with Crippen LogP contribution in [0.25, 0.3) is 11.2 Å².